The zero-order valence-corrected chi connectivity index (χ0v) is 16.1. The van der Waals surface area contributed by atoms with E-state index >= 15 is 0 Å². The average Bonchev–Trinajstić information content (AvgIpc) is 2.64. The molecule has 4 aliphatic rings. The third kappa shape index (κ3) is 4.40. The van der Waals surface area contributed by atoms with E-state index in [9.17, 15) is 9.59 Å². The maximum atomic E-state index is 12.5. The fourth-order valence-corrected chi connectivity index (χ4v) is 5.61. The van der Waals surface area contributed by atoms with Gasteiger partial charge in [-0.2, -0.15) is 0 Å². The van der Waals surface area contributed by atoms with Crippen molar-refractivity contribution in [3.05, 3.63) is 29.3 Å². The lowest BCUT2D eigenvalue weighted by molar-refractivity contribution is -0.164. The highest BCUT2D eigenvalue weighted by Gasteiger charge is 2.51. The van der Waals surface area contributed by atoms with Crippen molar-refractivity contribution in [2.24, 2.45) is 29.6 Å². The van der Waals surface area contributed by atoms with Crippen LogP contribution in [0.5, 0.6) is 5.75 Å². The predicted octanol–water partition coefficient (Wildman–Crippen LogP) is 3.45. The third-order valence-electron chi connectivity index (χ3n) is 6.35. The van der Waals surface area contributed by atoms with Gasteiger partial charge in [0.25, 0.3) is 5.91 Å². The van der Waals surface area contributed by atoms with Gasteiger partial charge in [0.15, 0.2) is 6.61 Å². The molecule has 0 aliphatic heterocycles. The van der Waals surface area contributed by atoms with Gasteiger partial charge in [0.2, 0.25) is 0 Å². The lowest BCUT2D eigenvalue weighted by Gasteiger charge is -2.53. The number of amides is 1. The zero-order valence-electron chi connectivity index (χ0n) is 15.4. The molecule has 0 saturated heterocycles. The summed E-state index contributed by atoms with van der Waals surface area (Å²) in [6.07, 6.45) is 6.03. The molecule has 0 aromatic heterocycles. The molecular formula is C21H26ClNO4. The lowest BCUT2D eigenvalue weighted by atomic mass is 9.52. The Bertz CT molecular complexity index is 662. The van der Waals surface area contributed by atoms with Crippen LogP contribution in [0.2, 0.25) is 5.02 Å². The molecule has 0 unspecified atom stereocenters. The molecule has 4 fully saturated rings. The first-order chi connectivity index (χ1) is 13.1. The van der Waals surface area contributed by atoms with Gasteiger partial charge in [-0.15, -0.1) is 0 Å². The van der Waals surface area contributed by atoms with E-state index in [-0.39, 0.29) is 24.4 Å². The third-order valence-corrected chi connectivity index (χ3v) is 6.60. The second-order valence-corrected chi connectivity index (χ2v) is 8.65. The second kappa shape index (κ2) is 8.09. The minimum Gasteiger partial charge on any atom is -0.492 e. The van der Waals surface area contributed by atoms with Crippen LogP contribution in [0.4, 0.5) is 0 Å². The second-order valence-electron chi connectivity index (χ2n) is 8.22. The topological polar surface area (TPSA) is 64.6 Å². The van der Waals surface area contributed by atoms with Crippen LogP contribution < -0.4 is 10.1 Å². The van der Waals surface area contributed by atoms with Gasteiger partial charge in [-0.25, -0.2) is 0 Å². The van der Waals surface area contributed by atoms with Crippen molar-refractivity contribution in [1.82, 2.24) is 5.32 Å². The van der Waals surface area contributed by atoms with Crippen LogP contribution in [0, 0.1) is 29.6 Å². The van der Waals surface area contributed by atoms with Crippen LogP contribution in [-0.2, 0) is 14.3 Å². The number of esters is 1. The van der Waals surface area contributed by atoms with Crippen molar-refractivity contribution in [2.75, 3.05) is 19.8 Å². The maximum Gasteiger partial charge on any atom is 0.310 e. The first-order valence-corrected chi connectivity index (χ1v) is 10.3. The van der Waals surface area contributed by atoms with E-state index in [0.717, 1.165) is 11.8 Å². The van der Waals surface area contributed by atoms with E-state index in [4.69, 9.17) is 21.1 Å². The van der Waals surface area contributed by atoms with E-state index in [2.05, 4.69) is 5.32 Å². The molecule has 4 aliphatic carbocycles. The van der Waals surface area contributed by atoms with Gasteiger partial charge in [0.1, 0.15) is 12.4 Å². The molecule has 1 aromatic carbocycles. The maximum absolute atomic E-state index is 12.5. The number of ether oxygens (including phenoxy) is 2. The molecule has 0 radical (unpaired) electrons. The number of carbonyl (C=O) groups excluding carboxylic acids is 2. The molecule has 5 rings (SSSR count). The van der Waals surface area contributed by atoms with Gasteiger partial charge in [0.05, 0.1) is 12.5 Å². The SMILES string of the molecule is O=C(COC(=O)C1C2CC3CC(C2)CC1C3)NCCOc1ccc(Cl)cc1. The molecule has 1 amide bonds. The molecule has 1 N–H and O–H groups in total. The Hall–Kier alpha value is -1.75. The summed E-state index contributed by atoms with van der Waals surface area (Å²) in [4.78, 5) is 24.5. The van der Waals surface area contributed by atoms with E-state index in [1.807, 2.05) is 0 Å². The number of hydrogen-bond acceptors (Lipinski definition) is 4. The Labute approximate surface area is 164 Å². The van der Waals surface area contributed by atoms with Crippen LogP contribution in [0.25, 0.3) is 0 Å². The Kier molecular flexibility index (Phi) is 5.58. The minimum atomic E-state index is -0.285. The largest absolute Gasteiger partial charge is 0.492 e. The summed E-state index contributed by atoms with van der Waals surface area (Å²) in [5.41, 5.74) is 0. The number of nitrogens with one attached hydrogen (secondary N) is 1. The van der Waals surface area contributed by atoms with E-state index in [1.165, 1.54) is 32.1 Å². The fraction of sp³-hybridized carbons (Fsp3) is 0.619. The highest BCUT2D eigenvalue weighted by Crippen LogP contribution is 2.56. The molecule has 5 nitrogen and oxygen atoms in total. The molecule has 6 heteroatoms. The predicted molar refractivity (Wildman–Crippen MR) is 101 cm³/mol. The fourth-order valence-electron chi connectivity index (χ4n) is 5.48. The van der Waals surface area contributed by atoms with Crippen molar-refractivity contribution < 1.29 is 19.1 Å². The molecule has 1 aromatic rings. The molecular weight excluding hydrogens is 366 g/mol. The average molecular weight is 392 g/mol. The number of hydrogen-bond donors (Lipinski definition) is 1. The highest BCUT2D eigenvalue weighted by atomic mass is 35.5. The first kappa shape index (κ1) is 18.6. The monoisotopic (exact) mass is 391 g/mol. The van der Waals surface area contributed by atoms with E-state index in [0.29, 0.717) is 35.8 Å². The molecule has 0 atom stereocenters. The van der Waals surface area contributed by atoms with Crippen LogP contribution in [0.15, 0.2) is 24.3 Å². The smallest absolute Gasteiger partial charge is 0.310 e. The van der Waals surface area contributed by atoms with Crippen LogP contribution >= 0.6 is 11.6 Å². The van der Waals surface area contributed by atoms with Crippen LogP contribution in [-0.4, -0.2) is 31.6 Å². The summed E-state index contributed by atoms with van der Waals surface area (Å²) in [5.74, 6) is 2.85. The van der Waals surface area contributed by atoms with Gasteiger partial charge in [-0.1, -0.05) is 11.6 Å². The summed E-state index contributed by atoms with van der Waals surface area (Å²) in [7, 11) is 0. The molecule has 4 saturated carbocycles. The lowest BCUT2D eigenvalue weighted by Crippen LogP contribution is -2.48. The molecule has 0 spiro atoms. The van der Waals surface area contributed by atoms with Crippen molar-refractivity contribution in [3.8, 4) is 5.75 Å². The van der Waals surface area contributed by atoms with E-state index < -0.39 is 0 Å². The standard InChI is InChI=1S/C21H26ClNO4/c22-17-1-3-18(4-2-17)26-6-5-23-19(24)12-27-21(25)20-15-8-13-7-14(10-15)11-16(20)9-13/h1-4,13-16,20H,5-12H2,(H,23,24). The number of halogens is 1. The van der Waals surface area contributed by atoms with Gasteiger partial charge in [-0.3, -0.25) is 9.59 Å². The quantitative estimate of drug-likeness (QED) is 0.571. The summed E-state index contributed by atoms with van der Waals surface area (Å²) in [6, 6.07) is 7.05. The Morgan fingerprint density at radius 2 is 1.63 bits per heavy atom. The molecule has 146 valence electrons. The van der Waals surface area contributed by atoms with Crippen LogP contribution in [0.3, 0.4) is 0 Å². The van der Waals surface area contributed by atoms with Crippen LogP contribution in [0.1, 0.15) is 32.1 Å². The normalized spacial score (nSPS) is 30.8. The van der Waals surface area contributed by atoms with Gasteiger partial charge in [0, 0.05) is 5.02 Å². The summed E-state index contributed by atoms with van der Waals surface area (Å²) in [5, 5.41) is 3.37. The number of rotatable bonds is 7. The van der Waals surface area contributed by atoms with Crippen molar-refractivity contribution in [1.29, 1.82) is 0 Å². The molecule has 27 heavy (non-hydrogen) atoms. The summed E-state index contributed by atoms with van der Waals surface area (Å²) < 4.78 is 10.9. The molecule has 4 bridgehead atoms. The number of carbonyl (C=O) groups is 2. The van der Waals surface area contributed by atoms with Gasteiger partial charge < -0.3 is 14.8 Å². The minimum absolute atomic E-state index is 0.0128. The van der Waals surface area contributed by atoms with Gasteiger partial charge >= 0.3 is 5.97 Å². The Morgan fingerprint density at radius 3 is 2.26 bits per heavy atom. The molecule has 0 heterocycles. The van der Waals surface area contributed by atoms with Crippen molar-refractivity contribution in [3.63, 3.8) is 0 Å². The van der Waals surface area contributed by atoms with Gasteiger partial charge in [-0.05, 0) is 80.0 Å². The summed E-state index contributed by atoms with van der Waals surface area (Å²) >= 11 is 5.82. The van der Waals surface area contributed by atoms with Crippen molar-refractivity contribution in [2.45, 2.75) is 32.1 Å². The van der Waals surface area contributed by atoms with Crippen molar-refractivity contribution >= 4 is 23.5 Å². The zero-order chi connectivity index (χ0) is 18.8. The number of benzene rings is 1. The Balaban J connectivity index is 1.15. The highest BCUT2D eigenvalue weighted by molar-refractivity contribution is 6.30. The first-order valence-electron chi connectivity index (χ1n) is 9.90. The van der Waals surface area contributed by atoms with E-state index in [1.54, 1.807) is 24.3 Å². The Morgan fingerprint density at radius 1 is 1.00 bits per heavy atom. The summed E-state index contributed by atoms with van der Waals surface area (Å²) in [6.45, 7) is 0.497.